The summed E-state index contributed by atoms with van der Waals surface area (Å²) in [5, 5.41) is 6.42. The fourth-order valence-electron chi connectivity index (χ4n) is 3.06. The van der Waals surface area contributed by atoms with Crippen LogP contribution in [-0.4, -0.2) is 25.0 Å². The Hall–Kier alpha value is -0.570. The van der Waals surface area contributed by atoms with Crippen LogP contribution in [0.4, 0.5) is 0 Å². The van der Waals surface area contributed by atoms with Crippen LogP contribution in [0.5, 0.6) is 0 Å². The SMILES string of the molecule is CC1CC(C)CC(NC(=O)CNCC2CC2)C1. The third-order valence-corrected chi connectivity index (χ3v) is 3.96. The van der Waals surface area contributed by atoms with Crippen molar-refractivity contribution in [3.05, 3.63) is 0 Å². The molecule has 0 radical (unpaired) electrons. The normalized spacial score (nSPS) is 33.4. The summed E-state index contributed by atoms with van der Waals surface area (Å²) in [6.45, 7) is 6.10. The molecule has 17 heavy (non-hydrogen) atoms. The van der Waals surface area contributed by atoms with Gasteiger partial charge in [-0.05, 0) is 56.4 Å². The first kappa shape index (κ1) is 12.9. The van der Waals surface area contributed by atoms with Crippen LogP contribution >= 0.6 is 0 Å². The van der Waals surface area contributed by atoms with Crippen molar-refractivity contribution >= 4 is 5.91 Å². The summed E-state index contributed by atoms with van der Waals surface area (Å²) in [5.41, 5.74) is 0. The zero-order valence-electron chi connectivity index (χ0n) is 11.2. The van der Waals surface area contributed by atoms with Crippen molar-refractivity contribution in [2.24, 2.45) is 17.8 Å². The van der Waals surface area contributed by atoms with Gasteiger partial charge in [0.15, 0.2) is 0 Å². The molecule has 3 nitrogen and oxygen atoms in total. The highest BCUT2D eigenvalue weighted by molar-refractivity contribution is 5.78. The Balaban J connectivity index is 1.62. The number of amides is 1. The van der Waals surface area contributed by atoms with Crippen LogP contribution in [0, 0.1) is 17.8 Å². The van der Waals surface area contributed by atoms with Crippen molar-refractivity contribution in [1.29, 1.82) is 0 Å². The second kappa shape index (κ2) is 5.85. The quantitative estimate of drug-likeness (QED) is 0.768. The van der Waals surface area contributed by atoms with Gasteiger partial charge in [0.05, 0.1) is 6.54 Å². The minimum atomic E-state index is 0.178. The van der Waals surface area contributed by atoms with Gasteiger partial charge < -0.3 is 10.6 Å². The molecular weight excluding hydrogens is 212 g/mol. The predicted octanol–water partition coefficient (Wildman–Crippen LogP) is 1.93. The van der Waals surface area contributed by atoms with E-state index in [1.807, 2.05) is 0 Å². The fourth-order valence-corrected chi connectivity index (χ4v) is 3.06. The van der Waals surface area contributed by atoms with Crippen LogP contribution in [0.15, 0.2) is 0 Å². The van der Waals surface area contributed by atoms with Crippen LogP contribution in [0.3, 0.4) is 0 Å². The molecule has 2 fully saturated rings. The third kappa shape index (κ3) is 4.66. The summed E-state index contributed by atoms with van der Waals surface area (Å²) >= 11 is 0. The first-order valence-corrected chi connectivity index (χ1v) is 7.13. The summed E-state index contributed by atoms with van der Waals surface area (Å²) in [6.07, 6.45) is 6.29. The average molecular weight is 238 g/mol. The van der Waals surface area contributed by atoms with Crippen LogP contribution in [0.25, 0.3) is 0 Å². The maximum Gasteiger partial charge on any atom is 0.234 e. The van der Waals surface area contributed by atoms with Gasteiger partial charge in [0, 0.05) is 6.04 Å². The van der Waals surface area contributed by atoms with Crippen molar-refractivity contribution in [2.75, 3.05) is 13.1 Å². The fraction of sp³-hybridized carbons (Fsp3) is 0.929. The molecule has 0 saturated heterocycles. The maximum absolute atomic E-state index is 11.8. The smallest absolute Gasteiger partial charge is 0.234 e. The second-order valence-corrected chi connectivity index (χ2v) is 6.26. The number of carbonyl (C=O) groups is 1. The molecule has 0 aromatic rings. The first-order valence-electron chi connectivity index (χ1n) is 7.13. The summed E-state index contributed by atoms with van der Waals surface area (Å²) in [4.78, 5) is 11.8. The van der Waals surface area contributed by atoms with E-state index in [9.17, 15) is 4.79 Å². The van der Waals surface area contributed by atoms with E-state index in [0.29, 0.717) is 12.6 Å². The van der Waals surface area contributed by atoms with E-state index < -0.39 is 0 Å². The van der Waals surface area contributed by atoms with Gasteiger partial charge in [-0.2, -0.15) is 0 Å². The number of rotatable bonds is 5. The van der Waals surface area contributed by atoms with Gasteiger partial charge in [0.25, 0.3) is 0 Å². The molecule has 98 valence electrons. The van der Waals surface area contributed by atoms with Gasteiger partial charge in [-0.1, -0.05) is 13.8 Å². The molecule has 2 aliphatic rings. The first-order chi connectivity index (χ1) is 8.13. The molecule has 0 aromatic heterocycles. The number of carbonyl (C=O) groups excluding carboxylic acids is 1. The zero-order valence-corrected chi connectivity index (χ0v) is 11.2. The van der Waals surface area contributed by atoms with E-state index in [1.54, 1.807) is 0 Å². The van der Waals surface area contributed by atoms with E-state index in [0.717, 1.165) is 37.1 Å². The molecule has 0 aliphatic heterocycles. The minimum absolute atomic E-state index is 0.178. The van der Waals surface area contributed by atoms with E-state index in [-0.39, 0.29) is 5.91 Å². The van der Waals surface area contributed by atoms with Crippen LogP contribution in [-0.2, 0) is 4.79 Å². The summed E-state index contributed by atoms with van der Waals surface area (Å²) in [6, 6.07) is 0.406. The Morgan fingerprint density at radius 3 is 2.35 bits per heavy atom. The number of hydrogen-bond donors (Lipinski definition) is 2. The van der Waals surface area contributed by atoms with Crippen molar-refractivity contribution in [3.63, 3.8) is 0 Å². The standard InChI is InChI=1S/C14H26N2O/c1-10-5-11(2)7-13(6-10)16-14(17)9-15-8-12-3-4-12/h10-13,15H,3-9H2,1-2H3,(H,16,17). The molecule has 0 bridgehead atoms. The van der Waals surface area contributed by atoms with Crippen molar-refractivity contribution in [1.82, 2.24) is 10.6 Å². The summed E-state index contributed by atoms with van der Waals surface area (Å²) < 4.78 is 0. The van der Waals surface area contributed by atoms with Crippen LogP contribution < -0.4 is 10.6 Å². The lowest BCUT2D eigenvalue weighted by molar-refractivity contribution is -0.121. The van der Waals surface area contributed by atoms with E-state index in [1.165, 1.54) is 19.3 Å². The Kier molecular flexibility index (Phi) is 4.43. The largest absolute Gasteiger partial charge is 0.352 e. The Bertz CT molecular complexity index is 253. The van der Waals surface area contributed by atoms with E-state index in [2.05, 4.69) is 24.5 Å². The summed E-state index contributed by atoms with van der Waals surface area (Å²) in [5.74, 6) is 2.53. The molecule has 2 saturated carbocycles. The molecule has 2 unspecified atom stereocenters. The number of nitrogens with one attached hydrogen (secondary N) is 2. The molecule has 2 rings (SSSR count). The van der Waals surface area contributed by atoms with Crippen molar-refractivity contribution < 1.29 is 4.79 Å². The molecule has 1 amide bonds. The zero-order chi connectivity index (χ0) is 12.3. The highest BCUT2D eigenvalue weighted by Gasteiger charge is 2.25. The van der Waals surface area contributed by atoms with Crippen LogP contribution in [0.2, 0.25) is 0 Å². The molecule has 3 heteroatoms. The van der Waals surface area contributed by atoms with Gasteiger partial charge in [0.2, 0.25) is 5.91 Å². The highest BCUT2D eigenvalue weighted by Crippen LogP contribution is 2.28. The van der Waals surface area contributed by atoms with E-state index >= 15 is 0 Å². The van der Waals surface area contributed by atoms with Crippen molar-refractivity contribution in [2.45, 2.75) is 52.0 Å². The van der Waals surface area contributed by atoms with Gasteiger partial charge in [0.1, 0.15) is 0 Å². The lowest BCUT2D eigenvalue weighted by Crippen LogP contribution is -2.44. The predicted molar refractivity (Wildman–Crippen MR) is 69.7 cm³/mol. The third-order valence-electron chi connectivity index (χ3n) is 3.96. The second-order valence-electron chi connectivity index (χ2n) is 6.26. The van der Waals surface area contributed by atoms with Gasteiger partial charge in [-0.25, -0.2) is 0 Å². The molecule has 0 spiro atoms. The highest BCUT2D eigenvalue weighted by atomic mass is 16.1. The Morgan fingerprint density at radius 2 is 1.76 bits per heavy atom. The average Bonchev–Trinajstić information content (AvgIpc) is 2.99. The molecule has 2 atom stereocenters. The monoisotopic (exact) mass is 238 g/mol. The van der Waals surface area contributed by atoms with Gasteiger partial charge >= 0.3 is 0 Å². The van der Waals surface area contributed by atoms with Gasteiger partial charge in [-0.3, -0.25) is 4.79 Å². The van der Waals surface area contributed by atoms with Crippen molar-refractivity contribution in [3.8, 4) is 0 Å². The topological polar surface area (TPSA) is 41.1 Å². The summed E-state index contributed by atoms with van der Waals surface area (Å²) in [7, 11) is 0. The maximum atomic E-state index is 11.8. The lowest BCUT2D eigenvalue weighted by atomic mass is 9.80. The molecule has 0 aromatic carbocycles. The molecule has 2 aliphatic carbocycles. The molecular formula is C14H26N2O. The minimum Gasteiger partial charge on any atom is -0.352 e. The Labute approximate surface area is 105 Å². The van der Waals surface area contributed by atoms with Gasteiger partial charge in [-0.15, -0.1) is 0 Å². The van der Waals surface area contributed by atoms with E-state index in [4.69, 9.17) is 0 Å². The number of hydrogen-bond acceptors (Lipinski definition) is 2. The lowest BCUT2D eigenvalue weighted by Gasteiger charge is -2.32. The van der Waals surface area contributed by atoms with Crippen LogP contribution in [0.1, 0.15) is 46.0 Å². The Morgan fingerprint density at radius 1 is 1.12 bits per heavy atom. The molecule has 0 heterocycles. The molecule has 2 N–H and O–H groups in total.